The monoisotopic (exact) mass is 247 g/mol. The Balaban J connectivity index is 3.16. The Kier molecular flexibility index (Phi) is 5.27. The van der Waals surface area contributed by atoms with Gasteiger partial charge in [-0.3, -0.25) is 14.5 Å². The largest absolute Gasteiger partial charge is 0.391 e. The van der Waals surface area contributed by atoms with Gasteiger partial charge in [0.05, 0.1) is 12.1 Å². The van der Waals surface area contributed by atoms with Crippen molar-refractivity contribution in [3.8, 4) is 0 Å². The molecule has 0 saturated heterocycles. The van der Waals surface area contributed by atoms with E-state index in [1.807, 2.05) is 6.07 Å². The summed E-state index contributed by atoms with van der Waals surface area (Å²) in [4.78, 5) is 23.7. The topological polar surface area (TPSA) is 57.6 Å². The van der Waals surface area contributed by atoms with Crippen molar-refractivity contribution in [2.24, 2.45) is 0 Å². The summed E-state index contributed by atoms with van der Waals surface area (Å²) in [6, 6.07) is 8.30. The summed E-state index contributed by atoms with van der Waals surface area (Å²) in [6.45, 7) is 5.15. The Labute approximate surface area is 107 Å². The minimum absolute atomic E-state index is 0.431. The van der Waals surface area contributed by atoms with E-state index < -0.39 is 18.1 Å². The van der Waals surface area contributed by atoms with Gasteiger partial charge in [-0.1, -0.05) is 43.8 Å². The number of rotatable bonds is 6. The first-order chi connectivity index (χ1) is 8.65. The Morgan fingerprint density at radius 1 is 1.44 bits per heavy atom. The molecule has 18 heavy (non-hydrogen) atoms. The van der Waals surface area contributed by atoms with Crippen molar-refractivity contribution >= 4 is 12.3 Å². The molecule has 0 bridgehead atoms. The first-order valence-electron chi connectivity index (χ1n) is 5.78. The summed E-state index contributed by atoms with van der Waals surface area (Å²) in [5.74, 6) is -0.522. The van der Waals surface area contributed by atoms with Crippen molar-refractivity contribution in [2.45, 2.75) is 25.5 Å². The van der Waals surface area contributed by atoms with Crippen molar-refractivity contribution in [1.82, 2.24) is 4.90 Å². The predicted molar refractivity (Wildman–Crippen MR) is 68.6 cm³/mol. The molecule has 2 atom stereocenters. The van der Waals surface area contributed by atoms with Gasteiger partial charge >= 0.3 is 0 Å². The molecule has 0 aliphatic carbocycles. The molecule has 96 valence electrons. The fraction of sp³-hybridized carbons (Fsp3) is 0.286. The highest BCUT2D eigenvalue weighted by Crippen LogP contribution is 2.25. The fourth-order valence-corrected chi connectivity index (χ4v) is 1.80. The summed E-state index contributed by atoms with van der Waals surface area (Å²) in [6.07, 6.45) is 1.13. The lowest BCUT2D eigenvalue weighted by molar-refractivity contribution is -0.140. The molecule has 0 radical (unpaired) electrons. The van der Waals surface area contributed by atoms with Crippen LogP contribution in [0.1, 0.15) is 24.9 Å². The normalized spacial score (nSPS) is 13.4. The molecule has 4 nitrogen and oxygen atoms in total. The summed E-state index contributed by atoms with van der Waals surface area (Å²) in [7, 11) is 0. The zero-order valence-corrected chi connectivity index (χ0v) is 10.3. The Morgan fingerprint density at radius 2 is 2.06 bits per heavy atom. The van der Waals surface area contributed by atoms with Crippen molar-refractivity contribution in [3.05, 3.63) is 48.6 Å². The molecule has 1 N–H and O–H groups in total. The number of benzene rings is 1. The smallest absolute Gasteiger partial charge is 0.253 e. The maximum atomic E-state index is 11.6. The minimum atomic E-state index is -0.804. The van der Waals surface area contributed by atoms with Crippen LogP contribution in [0.15, 0.2) is 43.0 Å². The molecule has 1 rings (SSSR count). The number of imide groups is 1. The number of hydrogen-bond acceptors (Lipinski definition) is 3. The summed E-state index contributed by atoms with van der Waals surface area (Å²) in [5.41, 5.74) is 0.717. The van der Waals surface area contributed by atoms with Gasteiger partial charge in [0.25, 0.3) is 5.91 Å². The van der Waals surface area contributed by atoms with Gasteiger partial charge < -0.3 is 5.11 Å². The van der Waals surface area contributed by atoms with E-state index in [4.69, 9.17) is 0 Å². The zero-order valence-electron chi connectivity index (χ0n) is 10.3. The lowest BCUT2D eigenvalue weighted by Gasteiger charge is -2.29. The van der Waals surface area contributed by atoms with Crippen LogP contribution in [0, 0.1) is 0 Å². The van der Waals surface area contributed by atoms with Crippen molar-refractivity contribution in [1.29, 1.82) is 0 Å². The molecule has 0 saturated carbocycles. The molecule has 0 heterocycles. The maximum absolute atomic E-state index is 11.6. The van der Waals surface area contributed by atoms with Crippen LogP contribution in [0.4, 0.5) is 0 Å². The molecule has 1 aromatic rings. The van der Waals surface area contributed by atoms with Gasteiger partial charge in [-0.05, 0) is 18.1 Å². The second-order valence-electron chi connectivity index (χ2n) is 3.89. The van der Waals surface area contributed by atoms with E-state index >= 15 is 0 Å². The third-order valence-corrected chi connectivity index (χ3v) is 2.77. The van der Waals surface area contributed by atoms with E-state index in [1.54, 1.807) is 31.2 Å². The molecule has 0 spiro atoms. The van der Waals surface area contributed by atoms with Crippen LogP contribution in [-0.4, -0.2) is 28.4 Å². The van der Waals surface area contributed by atoms with E-state index in [0.717, 1.165) is 11.0 Å². The maximum Gasteiger partial charge on any atom is 0.253 e. The molecule has 1 aromatic carbocycles. The number of carbonyl (C=O) groups excluding carboxylic acids is 2. The molecule has 2 unspecified atom stereocenters. The van der Waals surface area contributed by atoms with E-state index in [9.17, 15) is 14.7 Å². The van der Waals surface area contributed by atoms with E-state index in [2.05, 4.69) is 6.58 Å². The van der Waals surface area contributed by atoms with Crippen LogP contribution in [0.2, 0.25) is 0 Å². The Bertz CT molecular complexity index is 416. The minimum Gasteiger partial charge on any atom is -0.391 e. The fourth-order valence-electron chi connectivity index (χ4n) is 1.80. The van der Waals surface area contributed by atoms with Crippen LogP contribution in [0.5, 0.6) is 0 Å². The number of hydrogen-bond donors (Lipinski definition) is 1. The third kappa shape index (κ3) is 3.05. The zero-order chi connectivity index (χ0) is 13.5. The van der Waals surface area contributed by atoms with Crippen LogP contribution >= 0.6 is 0 Å². The van der Waals surface area contributed by atoms with Gasteiger partial charge in [0.15, 0.2) is 0 Å². The van der Waals surface area contributed by atoms with E-state index in [1.165, 1.54) is 0 Å². The number of aliphatic hydroxyl groups is 1. The molecule has 0 fully saturated rings. The molecular weight excluding hydrogens is 230 g/mol. The molecule has 0 aromatic heterocycles. The molecule has 4 heteroatoms. The van der Waals surface area contributed by atoms with E-state index in [0.29, 0.717) is 18.4 Å². The van der Waals surface area contributed by atoms with Crippen LogP contribution in [0.3, 0.4) is 0 Å². The average molecular weight is 247 g/mol. The van der Waals surface area contributed by atoms with Crippen LogP contribution in [-0.2, 0) is 9.59 Å². The summed E-state index contributed by atoms with van der Waals surface area (Å²) in [5, 5.41) is 10.0. The lowest BCUT2D eigenvalue weighted by atomic mass is 9.98. The lowest BCUT2D eigenvalue weighted by Crippen LogP contribution is -2.38. The highest BCUT2D eigenvalue weighted by Gasteiger charge is 2.28. The molecule has 2 amide bonds. The number of carbonyl (C=O) groups is 2. The van der Waals surface area contributed by atoms with Crippen molar-refractivity contribution in [2.75, 3.05) is 0 Å². The quantitative estimate of drug-likeness (QED) is 0.614. The highest BCUT2D eigenvalue weighted by atomic mass is 16.3. The van der Waals surface area contributed by atoms with Crippen LogP contribution in [0.25, 0.3) is 0 Å². The third-order valence-electron chi connectivity index (χ3n) is 2.77. The molecule has 0 aliphatic heterocycles. The number of nitrogens with zero attached hydrogens (tertiary/aromatic N) is 1. The molecular formula is C14H17NO3. The number of aliphatic hydroxyl groups excluding tert-OH is 1. The predicted octanol–water partition coefficient (Wildman–Crippen LogP) is 1.67. The second-order valence-corrected chi connectivity index (χ2v) is 3.89. The van der Waals surface area contributed by atoms with Gasteiger partial charge in [0.1, 0.15) is 0 Å². The highest BCUT2D eigenvalue weighted by molar-refractivity contribution is 5.94. The molecule has 0 aliphatic rings. The van der Waals surface area contributed by atoms with Gasteiger partial charge in [0.2, 0.25) is 6.41 Å². The van der Waals surface area contributed by atoms with Gasteiger partial charge in [-0.25, -0.2) is 0 Å². The average Bonchev–Trinajstić information content (AvgIpc) is 2.43. The van der Waals surface area contributed by atoms with Gasteiger partial charge in [0, 0.05) is 0 Å². The Hall–Kier alpha value is -1.94. The Morgan fingerprint density at radius 3 is 2.50 bits per heavy atom. The van der Waals surface area contributed by atoms with Crippen molar-refractivity contribution in [3.63, 3.8) is 0 Å². The second kappa shape index (κ2) is 6.71. The van der Waals surface area contributed by atoms with Gasteiger partial charge in [-0.15, -0.1) is 0 Å². The number of amides is 2. The standard InChI is InChI=1S/C14H17NO3/c1-3-12(17)14(11-8-6-5-7-9-11)15(10-16)13(18)4-2/h4-10,12,14,17H,2-3H2,1H3. The van der Waals surface area contributed by atoms with Crippen LogP contribution < -0.4 is 0 Å². The summed E-state index contributed by atoms with van der Waals surface area (Å²) >= 11 is 0. The first kappa shape index (κ1) is 14.1. The SMILES string of the molecule is C=CC(=O)N(C=O)C(c1ccccc1)C(O)CC. The first-order valence-corrected chi connectivity index (χ1v) is 5.78. The van der Waals surface area contributed by atoms with E-state index in [-0.39, 0.29) is 0 Å². The van der Waals surface area contributed by atoms with Gasteiger partial charge in [-0.2, -0.15) is 0 Å². The summed E-state index contributed by atoms with van der Waals surface area (Å²) < 4.78 is 0. The van der Waals surface area contributed by atoms with Crippen molar-refractivity contribution < 1.29 is 14.7 Å².